The highest BCUT2D eigenvalue weighted by Crippen LogP contribution is 2.17. The maximum Gasteiger partial charge on any atom is 0.169 e. The Bertz CT molecular complexity index is 496. The fraction of sp³-hybridized carbons (Fsp3) is 0.0769. The van der Waals surface area contributed by atoms with Gasteiger partial charge in [0.05, 0.1) is 6.42 Å². The van der Waals surface area contributed by atoms with Crippen molar-refractivity contribution in [1.82, 2.24) is 4.98 Å². The molecule has 0 N–H and O–H groups in total. The van der Waals surface area contributed by atoms with Gasteiger partial charge in [-0.05, 0) is 18.2 Å². The van der Waals surface area contributed by atoms with E-state index in [0.29, 0.717) is 12.0 Å². The predicted octanol–water partition coefficient (Wildman–Crippen LogP) is 3.27. The van der Waals surface area contributed by atoms with Gasteiger partial charge in [-0.1, -0.05) is 40.2 Å². The number of rotatable bonds is 3. The molecule has 0 radical (unpaired) electrons. The zero-order valence-electron chi connectivity index (χ0n) is 8.56. The molecule has 3 heteroatoms. The van der Waals surface area contributed by atoms with Crippen molar-refractivity contribution in [2.24, 2.45) is 0 Å². The number of ketones is 1. The van der Waals surface area contributed by atoms with Crippen LogP contribution in [0.4, 0.5) is 0 Å². The number of benzene rings is 1. The van der Waals surface area contributed by atoms with Gasteiger partial charge in [-0.3, -0.25) is 9.78 Å². The lowest BCUT2D eigenvalue weighted by atomic mass is 10.1. The third-order valence-electron chi connectivity index (χ3n) is 2.24. The molecule has 0 aliphatic heterocycles. The average molecular weight is 276 g/mol. The highest BCUT2D eigenvalue weighted by Gasteiger charge is 2.10. The van der Waals surface area contributed by atoms with E-state index in [-0.39, 0.29) is 5.78 Å². The summed E-state index contributed by atoms with van der Waals surface area (Å²) < 4.78 is 0.830. The maximum atomic E-state index is 12.0. The van der Waals surface area contributed by atoms with Crippen LogP contribution >= 0.6 is 15.9 Å². The molecule has 0 saturated carbocycles. The van der Waals surface area contributed by atoms with Gasteiger partial charge in [0.15, 0.2) is 5.78 Å². The zero-order chi connectivity index (χ0) is 11.4. The van der Waals surface area contributed by atoms with E-state index in [1.54, 1.807) is 6.20 Å². The number of Topliss-reactive ketones (excluding diaryl/α,β-unsaturated/α-hetero) is 1. The average Bonchev–Trinajstić information content (AvgIpc) is 2.31. The van der Waals surface area contributed by atoms with E-state index in [0.717, 1.165) is 10.2 Å². The number of carbonyl (C=O) groups is 1. The van der Waals surface area contributed by atoms with Crippen molar-refractivity contribution in [2.75, 3.05) is 0 Å². The molecule has 2 aromatic rings. The molecule has 2 rings (SSSR count). The number of aromatic nitrogens is 1. The number of hydrogen-bond acceptors (Lipinski definition) is 2. The predicted molar refractivity (Wildman–Crippen MR) is 66.4 cm³/mol. The lowest BCUT2D eigenvalue weighted by Gasteiger charge is -2.02. The minimum atomic E-state index is 0.0752. The molecule has 0 atom stereocenters. The molecule has 1 aromatic heterocycles. The van der Waals surface area contributed by atoms with Crippen LogP contribution < -0.4 is 0 Å². The molecule has 0 spiro atoms. The molecule has 1 aromatic carbocycles. The van der Waals surface area contributed by atoms with Crippen molar-refractivity contribution >= 4 is 21.7 Å². The number of halogens is 1. The molecule has 0 saturated heterocycles. The van der Waals surface area contributed by atoms with E-state index in [1.807, 2.05) is 42.5 Å². The quantitative estimate of drug-likeness (QED) is 0.805. The van der Waals surface area contributed by atoms with Crippen LogP contribution in [-0.4, -0.2) is 10.8 Å². The largest absolute Gasteiger partial charge is 0.294 e. The topological polar surface area (TPSA) is 30.0 Å². The zero-order valence-corrected chi connectivity index (χ0v) is 10.1. The first-order valence-electron chi connectivity index (χ1n) is 4.95. The fourth-order valence-corrected chi connectivity index (χ4v) is 1.96. The highest BCUT2D eigenvalue weighted by molar-refractivity contribution is 9.10. The first kappa shape index (κ1) is 11.0. The van der Waals surface area contributed by atoms with Crippen molar-refractivity contribution in [3.8, 4) is 0 Å². The summed E-state index contributed by atoms with van der Waals surface area (Å²) in [5.41, 5.74) is 1.50. The van der Waals surface area contributed by atoms with Crippen LogP contribution in [0.2, 0.25) is 0 Å². The lowest BCUT2D eigenvalue weighted by Crippen LogP contribution is -2.05. The Morgan fingerprint density at radius 3 is 2.56 bits per heavy atom. The molecule has 0 amide bonds. The number of pyridine rings is 1. The van der Waals surface area contributed by atoms with Crippen LogP contribution in [-0.2, 0) is 6.42 Å². The smallest absolute Gasteiger partial charge is 0.169 e. The number of nitrogens with zero attached hydrogens (tertiary/aromatic N) is 1. The second-order valence-electron chi connectivity index (χ2n) is 3.40. The van der Waals surface area contributed by atoms with E-state index >= 15 is 0 Å². The van der Waals surface area contributed by atoms with E-state index in [2.05, 4.69) is 20.9 Å². The van der Waals surface area contributed by atoms with Crippen molar-refractivity contribution in [1.29, 1.82) is 0 Å². The van der Waals surface area contributed by atoms with Gasteiger partial charge in [0.25, 0.3) is 0 Å². The van der Waals surface area contributed by atoms with Crippen LogP contribution in [0.15, 0.2) is 53.1 Å². The van der Waals surface area contributed by atoms with Crippen molar-refractivity contribution in [3.63, 3.8) is 0 Å². The first-order valence-corrected chi connectivity index (χ1v) is 5.74. The van der Waals surface area contributed by atoms with Gasteiger partial charge in [-0.25, -0.2) is 0 Å². The molecule has 0 bridgehead atoms. The molecule has 0 fully saturated rings. The summed E-state index contributed by atoms with van der Waals surface area (Å²) in [5, 5.41) is 0. The van der Waals surface area contributed by atoms with Crippen LogP contribution in [0.3, 0.4) is 0 Å². The molecular weight excluding hydrogens is 266 g/mol. The fourth-order valence-electron chi connectivity index (χ4n) is 1.45. The minimum Gasteiger partial charge on any atom is -0.294 e. The van der Waals surface area contributed by atoms with Crippen LogP contribution in [0.1, 0.15) is 16.1 Å². The van der Waals surface area contributed by atoms with Gasteiger partial charge >= 0.3 is 0 Å². The Balaban J connectivity index is 2.19. The summed E-state index contributed by atoms with van der Waals surface area (Å²) >= 11 is 3.37. The van der Waals surface area contributed by atoms with Gasteiger partial charge in [0.1, 0.15) is 0 Å². The standard InChI is InChI=1S/C13H10BrNO/c14-12-7-2-1-6-11(12)13(16)9-10-5-3-4-8-15-10/h1-8H,9H2. The normalized spacial score (nSPS) is 10.1. The Hall–Kier alpha value is -1.48. The summed E-state index contributed by atoms with van der Waals surface area (Å²) in [7, 11) is 0. The van der Waals surface area contributed by atoms with E-state index in [4.69, 9.17) is 0 Å². The van der Waals surface area contributed by atoms with Crippen LogP contribution in [0.5, 0.6) is 0 Å². The van der Waals surface area contributed by atoms with Crippen LogP contribution in [0, 0.1) is 0 Å². The summed E-state index contributed by atoms with van der Waals surface area (Å²) in [6.07, 6.45) is 2.03. The van der Waals surface area contributed by atoms with E-state index in [9.17, 15) is 4.79 Å². The van der Waals surface area contributed by atoms with Crippen molar-refractivity contribution in [2.45, 2.75) is 6.42 Å². The lowest BCUT2D eigenvalue weighted by molar-refractivity contribution is 0.0991. The SMILES string of the molecule is O=C(Cc1ccccn1)c1ccccc1Br. The molecule has 0 aliphatic carbocycles. The number of hydrogen-bond donors (Lipinski definition) is 0. The van der Waals surface area contributed by atoms with Crippen molar-refractivity contribution in [3.05, 3.63) is 64.4 Å². The monoisotopic (exact) mass is 275 g/mol. The summed E-state index contributed by atoms with van der Waals surface area (Å²) in [6.45, 7) is 0. The molecule has 2 nitrogen and oxygen atoms in total. The van der Waals surface area contributed by atoms with Crippen molar-refractivity contribution < 1.29 is 4.79 Å². The molecule has 0 aliphatic rings. The third kappa shape index (κ3) is 2.55. The highest BCUT2D eigenvalue weighted by atomic mass is 79.9. The van der Waals surface area contributed by atoms with Gasteiger partial charge in [0, 0.05) is 21.9 Å². The van der Waals surface area contributed by atoms with Gasteiger partial charge in [-0.15, -0.1) is 0 Å². The summed E-state index contributed by atoms with van der Waals surface area (Å²) in [4.78, 5) is 16.1. The van der Waals surface area contributed by atoms with Gasteiger partial charge in [-0.2, -0.15) is 0 Å². The molecule has 80 valence electrons. The molecule has 1 heterocycles. The minimum absolute atomic E-state index is 0.0752. The maximum absolute atomic E-state index is 12.0. The Kier molecular flexibility index (Phi) is 3.47. The van der Waals surface area contributed by atoms with Gasteiger partial charge < -0.3 is 0 Å². The summed E-state index contributed by atoms with van der Waals surface area (Å²) in [6, 6.07) is 13.0. The second-order valence-corrected chi connectivity index (χ2v) is 4.26. The van der Waals surface area contributed by atoms with Gasteiger partial charge in [0.2, 0.25) is 0 Å². The number of carbonyl (C=O) groups excluding carboxylic acids is 1. The molecule has 0 unspecified atom stereocenters. The Morgan fingerprint density at radius 1 is 1.12 bits per heavy atom. The third-order valence-corrected chi connectivity index (χ3v) is 2.93. The summed E-state index contributed by atoms with van der Waals surface area (Å²) in [5.74, 6) is 0.0752. The first-order chi connectivity index (χ1) is 7.77. The molecule has 16 heavy (non-hydrogen) atoms. The van der Waals surface area contributed by atoms with E-state index < -0.39 is 0 Å². The Morgan fingerprint density at radius 2 is 1.88 bits per heavy atom. The molecular formula is C13H10BrNO. The van der Waals surface area contributed by atoms with E-state index in [1.165, 1.54) is 0 Å². The van der Waals surface area contributed by atoms with Crippen LogP contribution in [0.25, 0.3) is 0 Å². The Labute approximate surface area is 102 Å². The second kappa shape index (κ2) is 5.03.